The standard InChI is InChI=1S/C20H22FN3O/c21-16-6-8-17(9-7-16)24-18-10-11-19(23-14-18)20(25)22-13-12-15-4-2-1-3-5-15/h4,6-11,14,24H,1-3,5,12-13H2,(H,22,25). The van der Waals surface area contributed by atoms with Gasteiger partial charge >= 0.3 is 0 Å². The first-order chi connectivity index (χ1) is 12.2. The van der Waals surface area contributed by atoms with Gasteiger partial charge in [-0.3, -0.25) is 4.79 Å². The first-order valence-electron chi connectivity index (χ1n) is 8.65. The molecule has 1 aliphatic carbocycles. The van der Waals surface area contributed by atoms with Crippen LogP contribution in [0.15, 0.2) is 54.2 Å². The first kappa shape index (κ1) is 17.1. The number of carbonyl (C=O) groups is 1. The fourth-order valence-corrected chi connectivity index (χ4v) is 2.86. The summed E-state index contributed by atoms with van der Waals surface area (Å²) in [5.41, 5.74) is 3.34. The summed E-state index contributed by atoms with van der Waals surface area (Å²) >= 11 is 0. The zero-order chi connectivity index (χ0) is 17.5. The molecular formula is C20H22FN3O. The van der Waals surface area contributed by atoms with Crippen molar-refractivity contribution in [3.63, 3.8) is 0 Å². The molecule has 0 saturated carbocycles. The van der Waals surface area contributed by atoms with E-state index in [0.717, 1.165) is 30.6 Å². The number of anilines is 2. The normalized spacial score (nSPS) is 13.9. The Hall–Kier alpha value is -2.69. The van der Waals surface area contributed by atoms with Crippen molar-refractivity contribution in [1.29, 1.82) is 0 Å². The highest BCUT2D eigenvalue weighted by Crippen LogP contribution is 2.19. The van der Waals surface area contributed by atoms with Crippen LogP contribution in [0.3, 0.4) is 0 Å². The monoisotopic (exact) mass is 339 g/mol. The predicted molar refractivity (Wildman–Crippen MR) is 97.4 cm³/mol. The fraction of sp³-hybridized carbons (Fsp3) is 0.300. The predicted octanol–water partition coefficient (Wildman–Crippen LogP) is 4.58. The Morgan fingerprint density at radius 3 is 2.56 bits per heavy atom. The Morgan fingerprint density at radius 1 is 1.08 bits per heavy atom. The van der Waals surface area contributed by atoms with Crippen LogP contribution < -0.4 is 10.6 Å². The summed E-state index contributed by atoms with van der Waals surface area (Å²) < 4.78 is 12.9. The van der Waals surface area contributed by atoms with Crippen LogP contribution >= 0.6 is 0 Å². The lowest BCUT2D eigenvalue weighted by atomic mass is 9.97. The lowest BCUT2D eigenvalue weighted by Crippen LogP contribution is -2.25. The Labute approximate surface area is 147 Å². The highest BCUT2D eigenvalue weighted by atomic mass is 19.1. The molecule has 0 unspecified atom stereocenters. The molecule has 0 saturated heterocycles. The second-order valence-electron chi connectivity index (χ2n) is 6.18. The highest BCUT2D eigenvalue weighted by Gasteiger charge is 2.08. The molecular weight excluding hydrogens is 317 g/mol. The molecule has 1 aromatic carbocycles. The minimum atomic E-state index is -0.278. The molecule has 5 heteroatoms. The summed E-state index contributed by atoms with van der Waals surface area (Å²) in [4.78, 5) is 16.3. The molecule has 0 fully saturated rings. The van der Waals surface area contributed by atoms with Crippen molar-refractivity contribution >= 4 is 17.3 Å². The third-order valence-corrected chi connectivity index (χ3v) is 4.25. The van der Waals surface area contributed by atoms with Crippen molar-refractivity contribution in [2.24, 2.45) is 0 Å². The van der Waals surface area contributed by atoms with Gasteiger partial charge in [0.1, 0.15) is 11.5 Å². The van der Waals surface area contributed by atoms with Gasteiger partial charge in [-0.15, -0.1) is 0 Å². The van der Waals surface area contributed by atoms with Crippen LogP contribution in [-0.2, 0) is 0 Å². The Balaban J connectivity index is 1.49. The first-order valence-corrected chi connectivity index (χ1v) is 8.65. The van der Waals surface area contributed by atoms with Crippen LogP contribution in [0.5, 0.6) is 0 Å². The molecule has 1 aliphatic rings. The van der Waals surface area contributed by atoms with Gasteiger partial charge in [0.2, 0.25) is 0 Å². The molecule has 0 atom stereocenters. The largest absolute Gasteiger partial charge is 0.354 e. The van der Waals surface area contributed by atoms with E-state index in [-0.39, 0.29) is 11.7 Å². The number of nitrogens with one attached hydrogen (secondary N) is 2. The van der Waals surface area contributed by atoms with Gasteiger partial charge in [-0.2, -0.15) is 0 Å². The van der Waals surface area contributed by atoms with Crippen LogP contribution in [0.4, 0.5) is 15.8 Å². The number of allylic oxidation sites excluding steroid dienone is 1. The van der Waals surface area contributed by atoms with Gasteiger partial charge in [-0.25, -0.2) is 9.37 Å². The molecule has 3 rings (SSSR count). The molecule has 25 heavy (non-hydrogen) atoms. The third-order valence-electron chi connectivity index (χ3n) is 4.25. The Kier molecular flexibility index (Phi) is 5.77. The number of pyridine rings is 1. The number of halogens is 1. The molecule has 1 amide bonds. The van der Waals surface area contributed by atoms with Gasteiger partial charge in [0, 0.05) is 12.2 Å². The van der Waals surface area contributed by atoms with Crippen LogP contribution in [-0.4, -0.2) is 17.4 Å². The van der Waals surface area contributed by atoms with Crippen LogP contribution in [0.25, 0.3) is 0 Å². The maximum atomic E-state index is 12.9. The zero-order valence-corrected chi connectivity index (χ0v) is 14.1. The number of carbonyl (C=O) groups excluding carboxylic acids is 1. The van der Waals surface area contributed by atoms with Crippen molar-refractivity contribution in [1.82, 2.24) is 10.3 Å². The van der Waals surface area contributed by atoms with E-state index < -0.39 is 0 Å². The summed E-state index contributed by atoms with van der Waals surface area (Å²) in [6.07, 6.45) is 9.65. The number of benzene rings is 1. The van der Waals surface area contributed by atoms with E-state index in [2.05, 4.69) is 21.7 Å². The van der Waals surface area contributed by atoms with Crippen LogP contribution in [0.2, 0.25) is 0 Å². The molecule has 0 bridgehead atoms. The number of hydrogen-bond donors (Lipinski definition) is 2. The molecule has 0 aliphatic heterocycles. The van der Waals surface area contributed by atoms with Crippen molar-refractivity contribution < 1.29 is 9.18 Å². The summed E-state index contributed by atoms with van der Waals surface area (Å²) in [6, 6.07) is 9.54. The molecule has 1 heterocycles. The minimum Gasteiger partial charge on any atom is -0.354 e. The number of aromatic nitrogens is 1. The van der Waals surface area contributed by atoms with Gasteiger partial charge < -0.3 is 10.6 Å². The smallest absolute Gasteiger partial charge is 0.269 e. The summed E-state index contributed by atoms with van der Waals surface area (Å²) in [5.74, 6) is -0.440. The van der Waals surface area contributed by atoms with Crippen LogP contribution in [0, 0.1) is 5.82 Å². The van der Waals surface area contributed by atoms with E-state index in [1.807, 2.05) is 0 Å². The van der Waals surface area contributed by atoms with Gasteiger partial charge in [-0.1, -0.05) is 11.6 Å². The van der Waals surface area contributed by atoms with E-state index in [1.54, 1.807) is 30.5 Å². The lowest BCUT2D eigenvalue weighted by molar-refractivity contribution is 0.0949. The molecule has 130 valence electrons. The molecule has 2 N–H and O–H groups in total. The molecule has 0 spiro atoms. The van der Waals surface area contributed by atoms with Crippen molar-refractivity contribution in [2.75, 3.05) is 11.9 Å². The lowest BCUT2D eigenvalue weighted by Gasteiger charge is -2.13. The number of hydrogen-bond acceptors (Lipinski definition) is 3. The Bertz CT molecular complexity index is 739. The van der Waals surface area contributed by atoms with Gasteiger partial charge in [0.15, 0.2) is 0 Å². The maximum absolute atomic E-state index is 12.9. The Morgan fingerprint density at radius 2 is 1.88 bits per heavy atom. The molecule has 0 radical (unpaired) electrons. The maximum Gasteiger partial charge on any atom is 0.269 e. The third kappa shape index (κ3) is 5.14. The van der Waals surface area contributed by atoms with Gasteiger partial charge in [0.05, 0.1) is 11.9 Å². The summed E-state index contributed by atoms with van der Waals surface area (Å²) in [5, 5.41) is 6.03. The minimum absolute atomic E-state index is 0.162. The van der Waals surface area contributed by atoms with Crippen molar-refractivity contribution in [2.45, 2.75) is 32.1 Å². The molecule has 4 nitrogen and oxygen atoms in total. The fourth-order valence-electron chi connectivity index (χ4n) is 2.86. The van der Waals surface area contributed by atoms with E-state index in [9.17, 15) is 9.18 Å². The summed E-state index contributed by atoms with van der Waals surface area (Å²) in [6.45, 7) is 0.641. The number of rotatable bonds is 6. The average molecular weight is 339 g/mol. The van der Waals surface area contributed by atoms with E-state index in [0.29, 0.717) is 12.2 Å². The number of amides is 1. The van der Waals surface area contributed by atoms with Crippen molar-refractivity contribution in [3.05, 3.63) is 65.8 Å². The van der Waals surface area contributed by atoms with E-state index >= 15 is 0 Å². The highest BCUT2D eigenvalue weighted by molar-refractivity contribution is 5.92. The average Bonchev–Trinajstić information content (AvgIpc) is 2.65. The summed E-state index contributed by atoms with van der Waals surface area (Å²) in [7, 11) is 0. The van der Waals surface area contributed by atoms with Gasteiger partial charge in [0.25, 0.3) is 5.91 Å². The zero-order valence-electron chi connectivity index (χ0n) is 14.1. The molecule has 2 aromatic rings. The van der Waals surface area contributed by atoms with E-state index in [4.69, 9.17) is 0 Å². The quantitative estimate of drug-likeness (QED) is 0.757. The van der Waals surface area contributed by atoms with Gasteiger partial charge in [-0.05, 0) is 68.5 Å². The number of nitrogens with zero attached hydrogens (tertiary/aromatic N) is 1. The second-order valence-corrected chi connectivity index (χ2v) is 6.18. The van der Waals surface area contributed by atoms with Crippen molar-refractivity contribution in [3.8, 4) is 0 Å². The molecule has 1 aromatic heterocycles. The second kappa shape index (κ2) is 8.42. The SMILES string of the molecule is O=C(NCCC1=CCCCC1)c1ccc(Nc2ccc(F)cc2)cn1. The van der Waals surface area contributed by atoms with Crippen LogP contribution in [0.1, 0.15) is 42.6 Å². The topological polar surface area (TPSA) is 54.0 Å². The van der Waals surface area contributed by atoms with E-state index in [1.165, 1.54) is 30.5 Å².